The average Bonchev–Trinajstić information content (AvgIpc) is 2.19. The summed E-state index contributed by atoms with van der Waals surface area (Å²) < 4.78 is 0. The maximum Gasteiger partial charge on any atom is 0.0682 e. The van der Waals surface area contributed by atoms with Crippen molar-refractivity contribution in [3.05, 3.63) is 52.8 Å². The van der Waals surface area contributed by atoms with E-state index in [0.717, 1.165) is 11.1 Å². The Hall–Kier alpha value is -1.05. The molecule has 0 saturated carbocycles. The zero-order valence-corrected chi connectivity index (χ0v) is 8.76. The summed E-state index contributed by atoms with van der Waals surface area (Å²) >= 11 is 12.0. The molecule has 0 fully saturated rings. The number of benzene rings is 1. The third-order valence-electron chi connectivity index (χ3n) is 1.92. The highest BCUT2D eigenvalue weighted by Crippen LogP contribution is 2.33. The molecule has 0 saturated heterocycles. The second-order valence-electron chi connectivity index (χ2n) is 2.84. The molecule has 3 heteroatoms. The molecule has 1 nitrogen and oxygen atoms in total. The van der Waals surface area contributed by atoms with E-state index in [-0.39, 0.29) is 0 Å². The van der Waals surface area contributed by atoms with E-state index in [2.05, 4.69) is 4.98 Å². The molecule has 0 spiro atoms. The van der Waals surface area contributed by atoms with E-state index in [1.165, 1.54) is 0 Å². The Kier molecular flexibility index (Phi) is 2.71. The molecule has 1 heterocycles. The van der Waals surface area contributed by atoms with Gasteiger partial charge >= 0.3 is 0 Å². The van der Waals surface area contributed by atoms with Gasteiger partial charge < -0.3 is 0 Å². The van der Waals surface area contributed by atoms with E-state index in [4.69, 9.17) is 23.2 Å². The van der Waals surface area contributed by atoms with Crippen molar-refractivity contribution in [3.63, 3.8) is 0 Å². The Bertz CT molecular complexity index is 420. The normalized spacial score (nSPS) is 10.1. The third kappa shape index (κ3) is 1.74. The highest BCUT2D eigenvalue weighted by molar-refractivity contribution is 6.38. The average molecular weight is 224 g/mol. The molecule has 1 aromatic carbocycles. The molecule has 0 aliphatic carbocycles. The zero-order chi connectivity index (χ0) is 9.97. The van der Waals surface area contributed by atoms with Crippen LogP contribution in [0.15, 0.2) is 42.7 Å². The number of pyridine rings is 1. The fourth-order valence-electron chi connectivity index (χ4n) is 1.29. The molecule has 0 atom stereocenters. The first-order valence-corrected chi connectivity index (χ1v) is 4.89. The van der Waals surface area contributed by atoms with Crippen LogP contribution in [0.2, 0.25) is 10.0 Å². The van der Waals surface area contributed by atoms with Crippen LogP contribution in [0.4, 0.5) is 0 Å². The monoisotopic (exact) mass is 223 g/mol. The van der Waals surface area contributed by atoms with Crippen molar-refractivity contribution >= 4 is 23.2 Å². The molecule has 70 valence electrons. The summed E-state index contributed by atoms with van der Waals surface area (Å²) in [4.78, 5) is 3.91. The lowest BCUT2D eigenvalue weighted by Gasteiger charge is -2.05. The molecule has 2 rings (SSSR count). The fraction of sp³-hybridized carbons (Fsp3) is 0. The smallest absolute Gasteiger partial charge is 0.0682 e. The van der Waals surface area contributed by atoms with Crippen molar-refractivity contribution in [3.8, 4) is 11.1 Å². The summed E-state index contributed by atoms with van der Waals surface area (Å²) in [6.07, 6.45) is 3.19. The van der Waals surface area contributed by atoms with Crippen LogP contribution in [0.5, 0.6) is 0 Å². The number of rotatable bonds is 1. The Morgan fingerprint density at radius 3 is 2.00 bits per heavy atom. The molecule has 1 aromatic heterocycles. The minimum atomic E-state index is 0.573. The topological polar surface area (TPSA) is 12.9 Å². The van der Waals surface area contributed by atoms with E-state index in [9.17, 15) is 0 Å². The Labute approximate surface area is 92.3 Å². The standard InChI is InChI=1S/C11H7Cl2N/c12-9-6-14-7-10(13)11(9)8-4-2-1-3-5-8/h1-7H. The minimum Gasteiger partial charge on any atom is -0.262 e. The van der Waals surface area contributed by atoms with Gasteiger partial charge in [-0.05, 0) is 5.56 Å². The van der Waals surface area contributed by atoms with E-state index in [0.29, 0.717) is 10.0 Å². The lowest BCUT2D eigenvalue weighted by Crippen LogP contribution is -1.82. The molecule has 2 aromatic rings. The molecule has 0 bridgehead atoms. The number of nitrogens with zero attached hydrogens (tertiary/aromatic N) is 1. The quantitative estimate of drug-likeness (QED) is 0.711. The molecule has 0 amide bonds. The molecule has 14 heavy (non-hydrogen) atoms. The maximum atomic E-state index is 6.02. The summed E-state index contributed by atoms with van der Waals surface area (Å²) in [6.45, 7) is 0. The predicted molar refractivity (Wildman–Crippen MR) is 59.7 cm³/mol. The first-order chi connectivity index (χ1) is 6.79. The Morgan fingerprint density at radius 1 is 0.857 bits per heavy atom. The van der Waals surface area contributed by atoms with Crippen LogP contribution in [-0.4, -0.2) is 4.98 Å². The van der Waals surface area contributed by atoms with Gasteiger partial charge in [-0.3, -0.25) is 4.98 Å². The molecular weight excluding hydrogens is 217 g/mol. The second kappa shape index (κ2) is 3.99. The second-order valence-corrected chi connectivity index (χ2v) is 3.66. The van der Waals surface area contributed by atoms with Crippen LogP contribution in [0.1, 0.15) is 0 Å². The van der Waals surface area contributed by atoms with Gasteiger partial charge in [0.25, 0.3) is 0 Å². The van der Waals surface area contributed by atoms with Crippen LogP contribution in [0.3, 0.4) is 0 Å². The van der Waals surface area contributed by atoms with Crippen molar-refractivity contribution < 1.29 is 0 Å². The van der Waals surface area contributed by atoms with Gasteiger partial charge in [0.05, 0.1) is 10.0 Å². The van der Waals surface area contributed by atoms with Crippen LogP contribution in [-0.2, 0) is 0 Å². The lowest BCUT2D eigenvalue weighted by atomic mass is 10.1. The van der Waals surface area contributed by atoms with Crippen molar-refractivity contribution in [2.24, 2.45) is 0 Å². The van der Waals surface area contributed by atoms with Gasteiger partial charge in [-0.15, -0.1) is 0 Å². The van der Waals surface area contributed by atoms with Gasteiger partial charge in [-0.2, -0.15) is 0 Å². The molecule has 0 aliphatic heterocycles. The van der Waals surface area contributed by atoms with Crippen molar-refractivity contribution in [2.45, 2.75) is 0 Å². The van der Waals surface area contributed by atoms with Crippen LogP contribution >= 0.6 is 23.2 Å². The largest absolute Gasteiger partial charge is 0.262 e. The van der Waals surface area contributed by atoms with E-state index >= 15 is 0 Å². The summed E-state index contributed by atoms with van der Waals surface area (Å²) in [5.41, 5.74) is 1.84. The lowest BCUT2D eigenvalue weighted by molar-refractivity contribution is 1.33. The number of hydrogen-bond donors (Lipinski definition) is 0. The molecular formula is C11H7Cl2N. The third-order valence-corrected chi connectivity index (χ3v) is 2.49. The predicted octanol–water partition coefficient (Wildman–Crippen LogP) is 4.06. The molecule has 0 radical (unpaired) electrons. The molecule has 0 N–H and O–H groups in total. The first-order valence-electron chi connectivity index (χ1n) is 4.13. The van der Waals surface area contributed by atoms with E-state index in [1.807, 2.05) is 30.3 Å². The summed E-state index contributed by atoms with van der Waals surface area (Å²) in [7, 11) is 0. The number of halogens is 2. The maximum absolute atomic E-state index is 6.02. The SMILES string of the molecule is Clc1cncc(Cl)c1-c1ccccc1. The van der Waals surface area contributed by atoms with Gasteiger partial charge in [-0.25, -0.2) is 0 Å². The van der Waals surface area contributed by atoms with Crippen LogP contribution in [0, 0.1) is 0 Å². The number of aromatic nitrogens is 1. The van der Waals surface area contributed by atoms with Crippen molar-refractivity contribution in [2.75, 3.05) is 0 Å². The highest BCUT2D eigenvalue weighted by Gasteiger charge is 2.07. The summed E-state index contributed by atoms with van der Waals surface area (Å²) in [5.74, 6) is 0. The fourth-order valence-corrected chi connectivity index (χ4v) is 1.87. The van der Waals surface area contributed by atoms with Crippen molar-refractivity contribution in [1.29, 1.82) is 0 Å². The van der Waals surface area contributed by atoms with Gasteiger partial charge in [0.15, 0.2) is 0 Å². The zero-order valence-electron chi connectivity index (χ0n) is 7.24. The number of hydrogen-bond acceptors (Lipinski definition) is 1. The van der Waals surface area contributed by atoms with Gasteiger partial charge in [0, 0.05) is 18.0 Å². The van der Waals surface area contributed by atoms with Crippen LogP contribution in [0.25, 0.3) is 11.1 Å². The van der Waals surface area contributed by atoms with E-state index in [1.54, 1.807) is 12.4 Å². The summed E-state index contributed by atoms with van der Waals surface area (Å²) in [6, 6.07) is 9.78. The summed E-state index contributed by atoms with van der Waals surface area (Å²) in [5, 5.41) is 1.15. The minimum absolute atomic E-state index is 0.573. The Morgan fingerprint density at radius 2 is 1.43 bits per heavy atom. The molecule has 0 unspecified atom stereocenters. The highest BCUT2D eigenvalue weighted by atomic mass is 35.5. The first kappa shape index (κ1) is 9.50. The van der Waals surface area contributed by atoms with Crippen molar-refractivity contribution in [1.82, 2.24) is 4.98 Å². The van der Waals surface area contributed by atoms with Crippen LogP contribution < -0.4 is 0 Å². The van der Waals surface area contributed by atoms with E-state index < -0.39 is 0 Å². The van der Waals surface area contributed by atoms with Gasteiger partial charge in [-0.1, -0.05) is 53.5 Å². The Balaban J connectivity index is 2.63. The van der Waals surface area contributed by atoms with Gasteiger partial charge in [0.1, 0.15) is 0 Å². The molecule has 0 aliphatic rings. The van der Waals surface area contributed by atoms with Gasteiger partial charge in [0.2, 0.25) is 0 Å².